The third kappa shape index (κ3) is 3.56. The molecule has 0 aromatic carbocycles. The summed E-state index contributed by atoms with van der Waals surface area (Å²) in [4.78, 5) is 12.1. The molecule has 100 valence electrons. The summed E-state index contributed by atoms with van der Waals surface area (Å²) < 4.78 is 5.87. The maximum Gasteiger partial charge on any atom is 0.345 e. The fourth-order valence-electron chi connectivity index (χ4n) is 2.31. The average molecular weight is 268 g/mol. The second kappa shape index (κ2) is 5.41. The Balaban J connectivity index is 1.79. The van der Waals surface area contributed by atoms with Crippen LogP contribution in [0.15, 0.2) is 12.1 Å². The highest BCUT2D eigenvalue weighted by Gasteiger charge is 2.27. The van der Waals surface area contributed by atoms with E-state index in [4.69, 9.17) is 9.84 Å². The molecule has 0 saturated heterocycles. The average Bonchev–Trinajstić information content (AvgIpc) is 2.76. The minimum atomic E-state index is -0.856. The van der Waals surface area contributed by atoms with Crippen LogP contribution in [0.4, 0.5) is 0 Å². The van der Waals surface area contributed by atoms with Crippen LogP contribution in [0.3, 0.4) is 0 Å². The van der Waals surface area contributed by atoms with Crippen molar-refractivity contribution in [1.29, 1.82) is 0 Å². The number of aromatic carboxylic acids is 1. The van der Waals surface area contributed by atoms with Crippen molar-refractivity contribution in [2.24, 2.45) is 5.41 Å². The van der Waals surface area contributed by atoms with Gasteiger partial charge in [0.1, 0.15) is 4.88 Å². The van der Waals surface area contributed by atoms with Gasteiger partial charge in [0.05, 0.1) is 12.7 Å². The van der Waals surface area contributed by atoms with Crippen molar-refractivity contribution in [3.63, 3.8) is 0 Å². The number of thiophene rings is 1. The second-order valence-corrected chi connectivity index (χ2v) is 6.91. The zero-order chi connectivity index (χ0) is 13.2. The molecule has 18 heavy (non-hydrogen) atoms. The number of hydrogen-bond donors (Lipinski definition) is 1. The lowest BCUT2D eigenvalue weighted by molar-refractivity contribution is -0.00448. The standard InChI is InChI=1S/C14H20O3S/c1-14(2)7-5-10(6-8-14)17-9-11-3-4-12(18-11)13(15)16/h3-4,10H,5-9H2,1-2H3,(H,15,16). The predicted octanol–water partition coefficient (Wildman–Crippen LogP) is 3.93. The van der Waals surface area contributed by atoms with Gasteiger partial charge >= 0.3 is 5.97 Å². The molecule has 1 heterocycles. The first-order valence-electron chi connectivity index (χ1n) is 6.40. The molecule has 0 bridgehead atoms. The summed E-state index contributed by atoms with van der Waals surface area (Å²) in [5.74, 6) is -0.856. The summed E-state index contributed by atoms with van der Waals surface area (Å²) in [5, 5.41) is 8.84. The Bertz CT molecular complexity index is 412. The molecule has 0 radical (unpaired) electrons. The smallest absolute Gasteiger partial charge is 0.345 e. The second-order valence-electron chi connectivity index (χ2n) is 5.75. The molecule has 0 aliphatic heterocycles. The Hall–Kier alpha value is -0.870. The summed E-state index contributed by atoms with van der Waals surface area (Å²) in [6.45, 7) is 5.16. The van der Waals surface area contributed by atoms with Crippen molar-refractivity contribution in [2.75, 3.05) is 0 Å². The van der Waals surface area contributed by atoms with E-state index in [9.17, 15) is 4.79 Å². The fraction of sp³-hybridized carbons (Fsp3) is 0.643. The van der Waals surface area contributed by atoms with E-state index >= 15 is 0 Å². The van der Waals surface area contributed by atoms with Gasteiger partial charge in [-0.2, -0.15) is 0 Å². The van der Waals surface area contributed by atoms with Crippen LogP contribution in [-0.2, 0) is 11.3 Å². The van der Waals surface area contributed by atoms with Crippen molar-refractivity contribution >= 4 is 17.3 Å². The Morgan fingerprint density at radius 1 is 1.44 bits per heavy atom. The third-order valence-corrected chi connectivity index (χ3v) is 4.67. The summed E-state index contributed by atoms with van der Waals surface area (Å²) in [5.41, 5.74) is 0.458. The first kappa shape index (κ1) is 13.6. The van der Waals surface area contributed by atoms with Gasteiger partial charge in [-0.05, 0) is 43.2 Å². The van der Waals surface area contributed by atoms with E-state index in [2.05, 4.69) is 13.8 Å². The zero-order valence-corrected chi connectivity index (χ0v) is 11.8. The van der Waals surface area contributed by atoms with Crippen LogP contribution in [0.2, 0.25) is 0 Å². The Kier molecular flexibility index (Phi) is 4.07. The van der Waals surface area contributed by atoms with Gasteiger partial charge in [-0.15, -0.1) is 11.3 Å². The summed E-state index contributed by atoms with van der Waals surface area (Å²) in [6, 6.07) is 3.50. The molecule has 1 fully saturated rings. The number of rotatable bonds is 4. The van der Waals surface area contributed by atoms with E-state index in [1.807, 2.05) is 6.07 Å². The van der Waals surface area contributed by atoms with E-state index in [0.29, 0.717) is 23.0 Å². The molecular weight excluding hydrogens is 248 g/mol. The fourth-order valence-corrected chi connectivity index (χ4v) is 3.08. The van der Waals surface area contributed by atoms with Crippen LogP contribution in [0.25, 0.3) is 0 Å². The van der Waals surface area contributed by atoms with Crippen molar-refractivity contribution in [2.45, 2.75) is 52.2 Å². The molecule has 1 aliphatic rings. The number of ether oxygens (including phenoxy) is 1. The third-order valence-electron chi connectivity index (χ3n) is 3.62. The Morgan fingerprint density at radius 3 is 2.67 bits per heavy atom. The summed E-state index contributed by atoms with van der Waals surface area (Å²) in [7, 11) is 0. The number of carboxylic acids is 1. The zero-order valence-electron chi connectivity index (χ0n) is 10.9. The van der Waals surface area contributed by atoms with E-state index in [0.717, 1.165) is 17.7 Å². The molecule has 1 N–H and O–H groups in total. The van der Waals surface area contributed by atoms with E-state index in [-0.39, 0.29) is 0 Å². The lowest BCUT2D eigenvalue weighted by atomic mass is 9.76. The van der Waals surface area contributed by atoms with Gasteiger partial charge in [-0.25, -0.2) is 4.79 Å². The van der Waals surface area contributed by atoms with Crippen LogP contribution in [0, 0.1) is 5.41 Å². The maximum absolute atomic E-state index is 10.8. The lowest BCUT2D eigenvalue weighted by Crippen LogP contribution is -2.26. The minimum Gasteiger partial charge on any atom is -0.477 e. The highest BCUT2D eigenvalue weighted by Crippen LogP contribution is 2.36. The molecule has 3 nitrogen and oxygen atoms in total. The van der Waals surface area contributed by atoms with Crippen molar-refractivity contribution in [3.8, 4) is 0 Å². The normalized spacial score (nSPS) is 19.9. The van der Waals surface area contributed by atoms with Crippen molar-refractivity contribution < 1.29 is 14.6 Å². The van der Waals surface area contributed by atoms with Crippen LogP contribution >= 0.6 is 11.3 Å². The largest absolute Gasteiger partial charge is 0.477 e. The van der Waals surface area contributed by atoms with Gasteiger partial charge in [0.25, 0.3) is 0 Å². The molecule has 0 unspecified atom stereocenters. The molecule has 4 heteroatoms. The van der Waals surface area contributed by atoms with Crippen LogP contribution in [0.1, 0.15) is 54.1 Å². The Labute approximate surface area is 112 Å². The van der Waals surface area contributed by atoms with E-state index in [1.54, 1.807) is 6.07 Å². The molecule has 1 aromatic heterocycles. The molecule has 2 rings (SSSR count). The van der Waals surface area contributed by atoms with Crippen LogP contribution in [0.5, 0.6) is 0 Å². The summed E-state index contributed by atoms with van der Waals surface area (Å²) >= 11 is 1.30. The molecule has 1 aromatic rings. The van der Waals surface area contributed by atoms with Gasteiger partial charge < -0.3 is 9.84 Å². The predicted molar refractivity (Wildman–Crippen MR) is 72.1 cm³/mol. The topological polar surface area (TPSA) is 46.5 Å². The van der Waals surface area contributed by atoms with E-state index < -0.39 is 5.97 Å². The number of hydrogen-bond acceptors (Lipinski definition) is 3. The molecule has 1 saturated carbocycles. The first-order chi connectivity index (χ1) is 8.46. The maximum atomic E-state index is 10.8. The van der Waals surface area contributed by atoms with Crippen molar-refractivity contribution in [3.05, 3.63) is 21.9 Å². The van der Waals surface area contributed by atoms with Crippen LogP contribution < -0.4 is 0 Å². The molecular formula is C14H20O3S. The highest BCUT2D eigenvalue weighted by atomic mass is 32.1. The Morgan fingerprint density at radius 2 is 2.11 bits per heavy atom. The molecule has 1 aliphatic carbocycles. The SMILES string of the molecule is CC1(C)CCC(OCc2ccc(C(=O)O)s2)CC1. The number of carbonyl (C=O) groups is 1. The van der Waals surface area contributed by atoms with E-state index in [1.165, 1.54) is 24.2 Å². The van der Waals surface area contributed by atoms with Crippen molar-refractivity contribution in [1.82, 2.24) is 0 Å². The molecule has 0 atom stereocenters. The van der Waals surface area contributed by atoms with Gasteiger partial charge in [0.15, 0.2) is 0 Å². The van der Waals surface area contributed by atoms with Gasteiger partial charge in [-0.3, -0.25) is 0 Å². The highest BCUT2D eigenvalue weighted by molar-refractivity contribution is 7.13. The minimum absolute atomic E-state index is 0.341. The van der Waals surface area contributed by atoms with Gasteiger partial charge in [0, 0.05) is 4.88 Å². The molecule has 0 amide bonds. The quantitative estimate of drug-likeness (QED) is 0.900. The lowest BCUT2D eigenvalue weighted by Gasteiger charge is -2.34. The van der Waals surface area contributed by atoms with Crippen LogP contribution in [-0.4, -0.2) is 17.2 Å². The van der Waals surface area contributed by atoms with Gasteiger partial charge in [0.2, 0.25) is 0 Å². The molecule has 0 spiro atoms. The monoisotopic (exact) mass is 268 g/mol. The van der Waals surface area contributed by atoms with Gasteiger partial charge in [-0.1, -0.05) is 13.8 Å². The summed E-state index contributed by atoms with van der Waals surface area (Å²) in [6.07, 6.45) is 4.99. The number of carboxylic acid groups (broad SMARTS) is 1. The first-order valence-corrected chi connectivity index (χ1v) is 7.21.